The van der Waals surface area contributed by atoms with E-state index < -0.39 is 0 Å². The second kappa shape index (κ2) is 7.28. The minimum Gasteiger partial charge on any atom is -0.355 e. The highest BCUT2D eigenvalue weighted by molar-refractivity contribution is 5.80. The fourth-order valence-electron chi connectivity index (χ4n) is 4.03. The van der Waals surface area contributed by atoms with Gasteiger partial charge in [-0.25, -0.2) is 4.98 Å². The Labute approximate surface area is 154 Å². The number of anilines is 1. The van der Waals surface area contributed by atoms with Gasteiger partial charge in [0.1, 0.15) is 5.82 Å². The Bertz CT molecular complexity index is 767. The largest absolute Gasteiger partial charge is 0.355 e. The first-order valence-electron chi connectivity index (χ1n) is 9.25. The summed E-state index contributed by atoms with van der Waals surface area (Å²) in [5.74, 6) is 1.23. The Kier molecular flexibility index (Phi) is 4.69. The maximum Gasteiger partial charge on any atom is 0.223 e. The van der Waals surface area contributed by atoms with Gasteiger partial charge >= 0.3 is 0 Å². The number of hydrogen-bond acceptors (Lipinski definition) is 4. The predicted octanol–water partition coefficient (Wildman–Crippen LogP) is 3.01. The van der Waals surface area contributed by atoms with Gasteiger partial charge in [0.05, 0.1) is 6.20 Å². The quantitative estimate of drug-likeness (QED) is 0.852. The number of likely N-dealkylation sites (tertiary alicyclic amines) is 1. The number of nitrogens with zero attached hydrogens (tertiary/aromatic N) is 4. The molecule has 2 saturated heterocycles. The molecule has 1 aromatic heterocycles. The number of aromatic nitrogens is 2. The van der Waals surface area contributed by atoms with Gasteiger partial charge in [0, 0.05) is 50.4 Å². The summed E-state index contributed by atoms with van der Waals surface area (Å²) < 4.78 is 0. The molecule has 5 heteroatoms. The third kappa shape index (κ3) is 3.62. The van der Waals surface area contributed by atoms with Gasteiger partial charge < -0.3 is 9.80 Å². The predicted molar refractivity (Wildman–Crippen MR) is 103 cm³/mol. The molecule has 0 radical (unpaired) electrons. The van der Waals surface area contributed by atoms with Gasteiger partial charge in [-0.15, -0.1) is 0 Å². The number of piperidine rings is 1. The molecule has 2 aliphatic rings. The molecule has 0 atom stereocenters. The van der Waals surface area contributed by atoms with E-state index in [1.807, 2.05) is 29.3 Å². The SMILES string of the molecule is O=C1CC2(CCN(c3cnccn3)CC2)CN1CC=Cc1ccccc1. The number of amides is 1. The molecule has 1 amide bonds. The van der Waals surface area contributed by atoms with E-state index in [-0.39, 0.29) is 11.3 Å². The molecular weight excluding hydrogens is 324 g/mol. The van der Waals surface area contributed by atoms with Crippen molar-refractivity contribution in [2.45, 2.75) is 19.3 Å². The van der Waals surface area contributed by atoms with Crippen LogP contribution in [-0.2, 0) is 4.79 Å². The zero-order chi connectivity index (χ0) is 17.8. The normalized spacial score (nSPS) is 19.6. The van der Waals surface area contributed by atoms with Gasteiger partial charge in [-0.2, -0.15) is 0 Å². The highest BCUT2D eigenvalue weighted by Gasteiger charge is 2.44. The first-order valence-corrected chi connectivity index (χ1v) is 9.25. The highest BCUT2D eigenvalue weighted by atomic mass is 16.2. The van der Waals surface area contributed by atoms with E-state index in [0.717, 1.165) is 38.3 Å². The summed E-state index contributed by atoms with van der Waals surface area (Å²) >= 11 is 0. The summed E-state index contributed by atoms with van der Waals surface area (Å²) in [5.41, 5.74) is 1.31. The summed E-state index contributed by atoms with van der Waals surface area (Å²) in [6, 6.07) is 10.2. The van der Waals surface area contributed by atoms with E-state index in [9.17, 15) is 4.79 Å². The Morgan fingerprint density at radius 2 is 1.92 bits per heavy atom. The lowest BCUT2D eigenvalue weighted by molar-refractivity contribution is -0.127. The van der Waals surface area contributed by atoms with Crippen molar-refractivity contribution in [2.75, 3.05) is 31.1 Å². The lowest BCUT2D eigenvalue weighted by Crippen LogP contribution is -2.42. The van der Waals surface area contributed by atoms with Crippen LogP contribution in [0.1, 0.15) is 24.8 Å². The lowest BCUT2D eigenvalue weighted by Gasteiger charge is -2.39. The first-order chi connectivity index (χ1) is 12.7. The van der Waals surface area contributed by atoms with Crippen molar-refractivity contribution in [1.82, 2.24) is 14.9 Å². The van der Waals surface area contributed by atoms with Crippen LogP contribution in [0.3, 0.4) is 0 Å². The molecule has 1 aromatic carbocycles. The summed E-state index contributed by atoms with van der Waals surface area (Å²) in [6.07, 6.45) is 12.2. The van der Waals surface area contributed by atoms with Gasteiger partial charge in [-0.05, 0) is 18.4 Å². The summed E-state index contributed by atoms with van der Waals surface area (Å²) in [5, 5.41) is 0. The van der Waals surface area contributed by atoms with E-state index in [4.69, 9.17) is 0 Å². The van der Waals surface area contributed by atoms with Crippen molar-refractivity contribution in [1.29, 1.82) is 0 Å². The fraction of sp³-hybridized carbons (Fsp3) is 0.381. The minimum absolute atomic E-state index is 0.135. The van der Waals surface area contributed by atoms with Crippen molar-refractivity contribution < 1.29 is 4.79 Å². The van der Waals surface area contributed by atoms with Crippen LogP contribution in [0.2, 0.25) is 0 Å². The number of carbonyl (C=O) groups is 1. The zero-order valence-corrected chi connectivity index (χ0v) is 14.9. The average Bonchev–Trinajstić information content (AvgIpc) is 2.99. The van der Waals surface area contributed by atoms with Gasteiger partial charge in [-0.3, -0.25) is 9.78 Å². The molecule has 0 aliphatic carbocycles. The van der Waals surface area contributed by atoms with Gasteiger partial charge in [-0.1, -0.05) is 42.5 Å². The second-order valence-corrected chi connectivity index (χ2v) is 7.31. The van der Waals surface area contributed by atoms with Crippen molar-refractivity contribution >= 4 is 17.8 Å². The van der Waals surface area contributed by atoms with Crippen LogP contribution >= 0.6 is 0 Å². The van der Waals surface area contributed by atoms with Crippen molar-refractivity contribution in [3.05, 3.63) is 60.6 Å². The van der Waals surface area contributed by atoms with E-state index in [2.05, 4.69) is 39.2 Å². The highest BCUT2D eigenvalue weighted by Crippen LogP contribution is 2.41. The van der Waals surface area contributed by atoms with Gasteiger partial charge in [0.15, 0.2) is 0 Å². The molecule has 0 unspecified atom stereocenters. The van der Waals surface area contributed by atoms with Gasteiger partial charge in [0.25, 0.3) is 0 Å². The molecule has 2 fully saturated rings. The van der Waals surface area contributed by atoms with Gasteiger partial charge in [0.2, 0.25) is 5.91 Å². The summed E-state index contributed by atoms with van der Waals surface area (Å²) in [7, 11) is 0. The smallest absolute Gasteiger partial charge is 0.223 e. The van der Waals surface area contributed by atoms with Crippen LogP contribution in [0.15, 0.2) is 55.0 Å². The van der Waals surface area contributed by atoms with Crippen LogP contribution in [0.25, 0.3) is 6.08 Å². The molecule has 1 spiro atoms. The van der Waals surface area contributed by atoms with E-state index >= 15 is 0 Å². The molecule has 0 N–H and O–H groups in total. The molecular formula is C21H24N4O. The van der Waals surface area contributed by atoms with E-state index in [0.29, 0.717) is 13.0 Å². The first kappa shape index (κ1) is 16.8. The monoisotopic (exact) mass is 348 g/mol. The minimum atomic E-state index is 0.135. The zero-order valence-electron chi connectivity index (χ0n) is 14.9. The van der Waals surface area contributed by atoms with Crippen LogP contribution in [0.4, 0.5) is 5.82 Å². The summed E-state index contributed by atoms with van der Waals surface area (Å²) in [4.78, 5) is 25.3. The molecule has 0 bridgehead atoms. The van der Waals surface area contributed by atoms with E-state index in [1.54, 1.807) is 12.4 Å². The van der Waals surface area contributed by atoms with Crippen LogP contribution in [0.5, 0.6) is 0 Å². The average molecular weight is 348 g/mol. The van der Waals surface area contributed by atoms with Crippen LogP contribution in [-0.4, -0.2) is 47.0 Å². The molecule has 3 heterocycles. The third-order valence-electron chi connectivity index (χ3n) is 5.54. The topological polar surface area (TPSA) is 49.3 Å². The third-order valence-corrected chi connectivity index (χ3v) is 5.54. The number of rotatable bonds is 4. The van der Waals surface area contributed by atoms with Crippen molar-refractivity contribution in [2.24, 2.45) is 5.41 Å². The molecule has 2 aliphatic heterocycles. The Hall–Kier alpha value is -2.69. The summed E-state index contributed by atoms with van der Waals surface area (Å²) in [6.45, 7) is 3.46. The number of benzene rings is 1. The molecule has 0 saturated carbocycles. The lowest BCUT2D eigenvalue weighted by atomic mass is 9.77. The number of carbonyl (C=O) groups excluding carboxylic acids is 1. The standard InChI is InChI=1S/C21H24N4O/c26-20-15-21(8-13-24(14-9-21)19-16-22-10-11-23-19)17-25(20)12-4-7-18-5-2-1-3-6-18/h1-7,10-11,16H,8-9,12-15,17H2. The number of hydrogen-bond donors (Lipinski definition) is 0. The van der Waals surface area contributed by atoms with Crippen molar-refractivity contribution in [3.63, 3.8) is 0 Å². The van der Waals surface area contributed by atoms with Crippen LogP contribution in [0, 0.1) is 5.41 Å². The maximum atomic E-state index is 12.5. The molecule has 26 heavy (non-hydrogen) atoms. The van der Waals surface area contributed by atoms with Crippen molar-refractivity contribution in [3.8, 4) is 0 Å². The van der Waals surface area contributed by atoms with Crippen LogP contribution < -0.4 is 4.90 Å². The molecule has 2 aromatic rings. The molecule has 4 rings (SSSR count). The second-order valence-electron chi connectivity index (χ2n) is 7.31. The Morgan fingerprint density at radius 3 is 2.65 bits per heavy atom. The maximum absolute atomic E-state index is 12.5. The Morgan fingerprint density at radius 1 is 1.12 bits per heavy atom. The fourth-order valence-corrected chi connectivity index (χ4v) is 4.03. The molecule has 5 nitrogen and oxygen atoms in total. The van der Waals surface area contributed by atoms with E-state index in [1.165, 1.54) is 5.56 Å². The Balaban J connectivity index is 1.34. The molecule has 134 valence electrons.